The number of hydrogen-bond acceptors (Lipinski definition) is 7. The zero-order valence-corrected chi connectivity index (χ0v) is 20.3. The van der Waals surface area contributed by atoms with Crippen LogP contribution in [0, 0.1) is 6.92 Å². The fourth-order valence-corrected chi connectivity index (χ4v) is 5.06. The summed E-state index contributed by atoms with van der Waals surface area (Å²) in [7, 11) is 0.847. The molecule has 7 nitrogen and oxygen atoms in total. The van der Waals surface area contributed by atoms with E-state index in [1.54, 1.807) is 50.6 Å². The number of aromatic nitrogens is 1. The van der Waals surface area contributed by atoms with E-state index in [0.717, 1.165) is 16.9 Å². The van der Waals surface area contributed by atoms with Crippen molar-refractivity contribution in [3.05, 3.63) is 78.0 Å². The molecule has 8 heteroatoms. The van der Waals surface area contributed by atoms with E-state index in [2.05, 4.69) is 10.3 Å². The van der Waals surface area contributed by atoms with Crippen LogP contribution in [0.4, 0.5) is 5.69 Å². The quantitative estimate of drug-likeness (QED) is 0.381. The van der Waals surface area contributed by atoms with E-state index >= 15 is 0 Å². The highest BCUT2D eigenvalue weighted by molar-refractivity contribution is 7.91. The predicted molar refractivity (Wildman–Crippen MR) is 132 cm³/mol. The Morgan fingerprint density at radius 1 is 0.853 bits per heavy atom. The largest absolute Gasteiger partial charge is 0.497 e. The topological polar surface area (TPSA) is 86.8 Å². The van der Waals surface area contributed by atoms with Crippen molar-refractivity contribution in [1.29, 1.82) is 0 Å². The molecule has 0 aliphatic rings. The van der Waals surface area contributed by atoms with E-state index in [1.165, 1.54) is 13.3 Å². The van der Waals surface area contributed by atoms with Crippen molar-refractivity contribution in [3.8, 4) is 17.2 Å². The van der Waals surface area contributed by atoms with Gasteiger partial charge in [-0.2, -0.15) is 0 Å². The summed E-state index contributed by atoms with van der Waals surface area (Å²) in [6, 6.07) is 17.8. The number of pyridine rings is 1. The monoisotopic (exact) mass is 478 g/mol. The lowest BCUT2D eigenvalue weighted by Gasteiger charge is -2.17. The number of benzene rings is 3. The van der Waals surface area contributed by atoms with Crippen LogP contribution in [0.25, 0.3) is 10.9 Å². The Morgan fingerprint density at radius 3 is 2.12 bits per heavy atom. The molecule has 4 rings (SSSR count). The third kappa shape index (κ3) is 4.49. The number of nitrogens with zero attached hydrogens (tertiary/aromatic N) is 1. The Morgan fingerprint density at radius 2 is 1.50 bits per heavy atom. The van der Waals surface area contributed by atoms with Crippen molar-refractivity contribution in [1.82, 2.24) is 4.98 Å². The summed E-state index contributed by atoms with van der Waals surface area (Å²) in [4.78, 5) is 4.73. The van der Waals surface area contributed by atoms with Crippen molar-refractivity contribution in [2.45, 2.75) is 23.3 Å². The van der Waals surface area contributed by atoms with Crippen LogP contribution in [0.15, 0.2) is 76.7 Å². The summed E-state index contributed by atoms with van der Waals surface area (Å²) < 4.78 is 43.3. The first-order valence-electron chi connectivity index (χ1n) is 10.6. The molecule has 3 aromatic carbocycles. The van der Waals surface area contributed by atoms with Crippen molar-refractivity contribution in [3.63, 3.8) is 0 Å². The van der Waals surface area contributed by atoms with Gasteiger partial charge in [0.15, 0.2) is 11.5 Å². The number of rotatable bonds is 8. The van der Waals surface area contributed by atoms with Crippen LogP contribution in [0.5, 0.6) is 17.2 Å². The van der Waals surface area contributed by atoms with Gasteiger partial charge in [-0.05, 0) is 42.8 Å². The number of anilines is 1. The van der Waals surface area contributed by atoms with E-state index in [-0.39, 0.29) is 9.79 Å². The van der Waals surface area contributed by atoms with Gasteiger partial charge in [0.1, 0.15) is 10.6 Å². The molecule has 0 bridgehead atoms. The minimum Gasteiger partial charge on any atom is -0.497 e. The first-order valence-corrected chi connectivity index (χ1v) is 12.1. The van der Waals surface area contributed by atoms with Gasteiger partial charge >= 0.3 is 0 Å². The van der Waals surface area contributed by atoms with Crippen molar-refractivity contribution in [2.75, 3.05) is 26.6 Å². The molecule has 0 amide bonds. The van der Waals surface area contributed by atoms with Gasteiger partial charge in [-0.25, -0.2) is 8.42 Å². The Balaban J connectivity index is 1.87. The fourth-order valence-electron chi connectivity index (χ4n) is 3.67. The molecular weight excluding hydrogens is 452 g/mol. The van der Waals surface area contributed by atoms with E-state index in [9.17, 15) is 8.42 Å². The summed E-state index contributed by atoms with van der Waals surface area (Å²) in [6.45, 7) is 2.31. The smallest absolute Gasteiger partial charge is 0.210 e. The number of ether oxygens (including phenoxy) is 3. The number of methoxy groups -OCH3 is 3. The highest BCUT2D eigenvalue weighted by atomic mass is 32.2. The Kier molecular flexibility index (Phi) is 6.61. The molecule has 1 aromatic heterocycles. The van der Waals surface area contributed by atoms with Crippen LogP contribution in [0.3, 0.4) is 0 Å². The minimum atomic E-state index is -3.85. The molecule has 0 aliphatic heterocycles. The summed E-state index contributed by atoms with van der Waals surface area (Å²) in [6.07, 6.45) is 1.39. The van der Waals surface area contributed by atoms with Gasteiger partial charge in [0, 0.05) is 24.2 Å². The standard InChI is InChI=1S/C26H26N2O5S/c1-17-5-11-20(12-6-17)34(29,30)25-16-27-22-14-24(33-4)23(32-3)13-21(22)26(25)28-15-18-7-9-19(31-2)10-8-18/h5-14,16H,15H2,1-4H3,(H,27,28). The zero-order valence-electron chi connectivity index (χ0n) is 19.5. The molecule has 0 saturated carbocycles. The second kappa shape index (κ2) is 9.61. The van der Waals surface area contributed by atoms with Crippen molar-refractivity contribution >= 4 is 26.4 Å². The molecule has 0 spiro atoms. The average molecular weight is 479 g/mol. The second-order valence-electron chi connectivity index (χ2n) is 7.74. The number of fused-ring (bicyclic) bond motifs is 1. The molecular formula is C26H26N2O5S. The third-order valence-corrected chi connectivity index (χ3v) is 7.37. The maximum Gasteiger partial charge on any atom is 0.210 e. The molecule has 4 aromatic rings. The second-order valence-corrected chi connectivity index (χ2v) is 9.66. The van der Waals surface area contributed by atoms with E-state index in [1.807, 2.05) is 31.2 Å². The molecule has 0 unspecified atom stereocenters. The van der Waals surface area contributed by atoms with Crippen LogP contribution in [0.1, 0.15) is 11.1 Å². The highest BCUT2D eigenvalue weighted by Crippen LogP contribution is 2.39. The van der Waals surface area contributed by atoms with Crippen LogP contribution >= 0.6 is 0 Å². The van der Waals surface area contributed by atoms with Gasteiger partial charge in [-0.1, -0.05) is 29.8 Å². The van der Waals surface area contributed by atoms with Gasteiger partial charge in [-0.15, -0.1) is 0 Å². The zero-order chi connectivity index (χ0) is 24.3. The first-order chi connectivity index (χ1) is 16.4. The number of sulfone groups is 1. The average Bonchev–Trinajstić information content (AvgIpc) is 2.86. The third-order valence-electron chi connectivity index (χ3n) is 5.59. The summed E-state index contributed by atoms with van der Waals surface area (Å²) >= 11 is 0. The van der Waals surface area contributed by atoms with E-state index < -0.39 is 9.84 Å². The SMILES string of the molecule is COc1ccc(CNc2c(S(=O)(=O)c3ccc(C)cc3)cnc3cc(OC)c(OC)cc23)cc1. The molecule has 0 radical (unpaired) electrons. The molecule has 34 heavy (non-hydrogen) atoms. The molecule has 176 valence electrons. The molecule has 1 heterocycles. The van der Waals surface area contributed by atoms with Gasteiger partial charge in [0.05, 0.1) is 37.4 Å². The molecule has 1 N–H and O–H groups in total. The van der Waals surface area contributed by atoms with Crippen LogP contribution in [-0.2, 0) is 16.4 Å². The maximum atomic E-state index is 13.6. The summed E-state index contributed by atoms with van der Waals surface area (Å²) in [5.74, 6) is 1.74. The lowest BCUT2D eigenvalue weighted by atomic mass is 10.1. The van der Waals surface area contributed by atoms with Crippen molar-refractivity contribution in [2.24, 2.45) is 0 Å². The van der Waals surface area contributed by atoms with Gasteiger partial charge < -0.3 is 19.5 Å². The lowest BCUT2D eigenvalue weighted by molar-refractivity contribution is 0.356. The Labute approximate surface area is 199 Å². The first kappa shape index (κ1) is 23.4. The highest BCUT2D eigenvalue weighted by Gasteiger charge is 2.25. The number of aryl methyl sites for hydroxylation is 1. The molecule has 0 atom stereocenters. The van der Waals surface area contributed by atoms with Gasteiger partial charge in [-0.3, -0.25) is 4.98 Å². The van der Waals surface area contributed by atoms with Gasteiger partial charge in [0.2, 0.25) is 9.84 Å². The van der Waals surface area contributed by atoms with Crippen LogP contribution < -0.4 is 19.5 Å². The Hall–Kier alpha value is -3.78. The van der Waals surface area contributed by atoms with Gasteiger partial charge in [0.25, 0.3) is 0 Å². The molecule has 0 saturated heterocycles. The summed E-state index contributed by atoms with van der Waals surface area (Å²) in [5, 5.41) is 3.94. The Bertz CT molecular complexity index is 1420. The van der Waals surface area contributed by atoms with E-state index in [0.29, 0.717) is 34.6 Å². The normalized spacial score (nSPS) is 11.3. The van der Waals surface area contributed by atoms with Crippen LogP contribution in [0.2, 0.25) is 0 Å². The van der Waals surface area contributed by atoms with E-state index in [4.69, 9.17) is 14.2 Å². The predicted octanol–water partition coefficient (Wildman–Crippen LogP) is 5.01. The lowest BCUT2D eigenvalue weighted by Crippen LogP contribution is -2.10. The van der Waals surface area contributed by atoms with Crippen molar-refractivity contribution < 1.29 is 22.6 Å². The molecule has 0 fully saturated rings. The fraction of sp³-hybridized carbons (Fsp3) is 0.192. The number of nitrogens with one attached hydrogen (secondary N) is 1. The maximum absolute atomic E-state index is 13.6. The van der Waals surface area contributed by atoms with Crippen LogP contribution in [-0.4, -0.2) is 34.7 Å². The molecule has 0 aliphatic carbocycles. The summed E-state index contributed by atoms with van der Waals surface area (Å²) in [5.41, 5.74) is 2.97. The minimum absolute atomic E-state index is 0.0876. The number of hydrogen-bond donors (Lipinski definition) is 1.